The lowest BCUT2D eigenvalue weighted by Crippen LogP contribution is -2.22. The molecular formula is C39H43N5O7S. The number of nitrogens with one attached hydrogen (secondary N) is 2. The number of hydrogen-bond donors (Lipinski definition) is 3. The maximum absolute atomic E-state index is 13.4. The predicted octanol–water partition coefficient (Wildman–Crippen LogP) is 6.85. The summed E-state index contributed by atoms with van der Waals surface area (Å²) in [4.78, 5) is 29.9. The second-order valence-corrected chi connectivity index (χ2v) is 15.6. The summed E-state index contributed by atoms with van der Waals surface area (Å²) in [6, 6.07) is 22.6. The highest BCUT2D eigenvalue weighted by atomic mass is 32.2. The molecule has 0 bridgehead atoms. The Hall–Kier alpha value is -5.66. The first-order valence-electron chi connectivity index (χ1n) is 16.4. The van der Waals surface area contributed by atoms with Crippen molar-refractivity contribution in [2.45, 2.75) is 43.9 Å². The Morgan fingerprint density at radius 3 is 2.21 bits per heavy atom. The van der Waals surface area contributed by atoms with Crippen molar-refractivity contribution in [2.24, 2.45) is 5.73 Å². The molecule has 5 aromatic rings. The normalized spacial score (nSPS) is 11.7. The highest BCUT2D eigenvalue weighted by Gasteiger charge is 2.23. The summed E-state index contributed by atoms with van der Waals surface area (Å²) in [6.07, 6.45) is 1.91. The molecule has 0 saturated heterocycles. The number of primary amides is 1. The maximum Gasteiger partial charge on any atom is 0.323 e. The zero-order valence-corrected chi connectivity index (χ0v) is 31.1. The number of amides is 3. The van der Waals surface area contributed by atoms with Gasteiger partial charge >= 0.3 is 6.03 Å². The van der Waals surface area contributed by atoms with E-state index in [4.69, 9.17) is 19.9 Å². The van der Waals surface area contributed by atoms with Gasteiger partial charge in [-0.1, -0.05) is 51.1 Å². The van der Waals surface area contributed by atoms with E-state index in [9.17, 15) is 18.0 Å². The SMILES string of the molecule is COc1cc(Cc2cc(Oc3ccc(NC(=O)Nc4cc(C(C)(C)C)cc(CC(N)=O)c4OC)c4ccccc34)ccn2)cc(S(=O)(=O)N(C)C)c1. The molecule has 5 rings (SSSR count). The summed E-state index contributed by atoms with van der Waals surface area (Å²) >= 11 is 0. The fourth-order valence-corrected chi connectivity index (χ4v) is 6.67. The van der Waals surface area contributed by atoms with Crippen molar-refractivity contribution in [3.8, 4) is 23.0 Å². The van der Waals surface area contributed by atoms with Crippen LogP contribution in [0, 0.1) is 0 Å². The average Bonchev–Trinajstić information content (AvgIpc) is 3.08. The van der Waals surface area contributed by atoms with Gasteiger partial charge in [0.1, 0.15) is 23.0 Å². The molecule has 1 aromatic heterocycles. The zero-order valence-electron chi connectivity index (χ0n) is 30.2. The van der Waals surface area contributed by atoms with Crippen molar-refractivity contribution in [1.29, 1.82) is 0 Å². The fraction of sp³-hybridized carbons (Fsp3) is 0.256. The highest BCUT2D eigenvalue weighted by molar-refractivity contribution is 7.89. The third kappa shape index (κ3) is 8.61. The van der Waals surface area contributed by atoms with Crippen molar-refractivity contribution < 1.29 is 32.2 Å². The molecule has 1 heterocycles. The molecule has 4 aromatic carbocycles. The molecule has 0 unspecified atom stereocenters. The van der Waals surface area contributed by atoms with E-state index in [-0.39, 0.29) is 16.7 Å². The number of hydrogen-bond acceptors (Lipinski definition) is 8. The maximum atomic E-state index is 13.4. The summed E-state index contributed by atoms with van der Waals surface area (Å²) in [5.74, 6) is 1.34. The summed E-state index contributed by atoms with van der Waals surface area (Å²) in [6.45, 7) is 6.10. The number of carbonyl (C=O) groups is 2. The minimum atomic E-state index is -3.68. The number of aromatic nitrogens is 1. The second kappa shape index (κ2) is 15.3. The van der Waals surface area contributed by atoms with E-state index in [0.717, 1.165) is 20.6 Å². The van der Waals surface area contributed by atoms with Crippen LogP contribution in [0.1, 0.15) is 43.2 Å². The third-order valence-corrected chi connectivity index (χ3v) is 10.1. The standard InChI is InChI=1S/C39H43N5O7S/c1-39(2,3)26-19-25(20-36(40)45)37(50-7)34(21-26)43-38(46)42-33-12-13-35(32-11-9-8-10-31(32)33)51-28-14-15-41-27(22-28)16-24-17-29(49-6)23-30(18-24)52(47,48)44(4)5/h8-15,17-19,21-23H,16,20H2,1-7H3,(H2,40,45)(H2,42,43,46). The Morgan fingerprint density at radius 1 is 0.846 bits per heavy atom. The first kappa shape index (κ1) is 37.6. The van der Waals surface area contributed by atoms with E-state index in [2.05, 4.69) is 15.6 Å². The number of nitrogens with two attached hydrogens (primary N) is 1. The van der Waals surface area contributed by atoms with Crippen LogP contribution in [0.2, 0.25) is 0 Å². The van der Waals surface area contributed by atoms with E-state index in [1.165, 1.54) is 34.4 Å². The monoisotopic (exact) mass is 725 g/mol. The van der Waals surface area contributed by atoms with Gasteiger partial charge in [0.25, 0.3) is 0 Å². The molecule has 272 valence electrons. The molecule has 4 N–H and O–H groups in total. The molecule has 13 heteroatoms. The summed E-state index contributed by atoms with van der Waals surface area (Å²) in [5, 5.41) is 7.33. The van der Waals surface area contributed by atoms with Crippen LogP contribution in [0.25, 0.3) is 10.8 Å². The minimum absolute atomic E-state index is 0.0441. The summed E-state index contributed by atoms with van der Waals surface area (Å²) in [7, 11) is 2.24. The van der Waals surface area contributed by atoms with Crippen molar-refractivity contribution in [2.75, 3.05) is 38.9 Å². The molecule has 0 radical (unpaired) electrons. The number of nitrogens with zero attached hydrogens (tertiary/aromatic N) is 2. The van der Waals surface area contributed by atoms with Crippen molar-refractivity contribution >= 4 is 44.1 Å². The molecule has 0 atom stereocenters. The molecule has 12 nitrogen and oxygen atoms in total. The van der Waals surface area contributed by atoms with Crippen LogP contribution in [0.3, 0.4) is 0 Å². The van der Waals surface area contributed by atoms with Crippen LogP contribution < -0.4 is 30.6 Å². The van der Waals surface area contributed by atoms with Gasteiger partial charge in [-0.15, -0.1) is 0 Å². The Kier molecular flexibility index (Phi) is 11.1. The quantitative estimate of drug-likeness (QED) is 0.126. The molecule has 52 heavy (non-hydrogen) atoms. The van der Waals surface area contributed by atoms with Crippen LogP contribution in [-0.4, -0.2) is 58.0 Å². The van der Waals surface area contributed by atoms with Gasteiger partial charge in [0.2, 0.25) is 15.9 Å². The number of sulfonamides is 1. The number of rotatable bonds is 12. The molecular weight excluding hydrogens is 683 g/mol. The Balaban J connectivity index is 1.39. The molecule has 0 aliphatic carbocycles. The molecule has 0 aliphatic heterocycles. The number of anilines is 2. The molecule has 0 fully saturated rings. The topological polar surface area (TPSA) is 162 Å². The fourth-order valence-electron chi connectivity index (χ4n) is 5.68. The Bertz CT molecular complexity index is 2250. The van der Waals surface area contributed by atoms with Crippen molar-refractivity contribution in [3.05, 3.63) is 107 Å². The minimum Gasteiger partial charge on any atom is -0.497 e. The van der Waals surface area contributed by atoms with Crippen molar-refractivity contribution in [3.63, 3.8) is 0 Å². The van der Waals surface area contributed by atoms with Crippen LogP contribution in [0.15, 0.2) is 90.0 Å². The van der Waals surface area contributed by atoms with E-state index in [1.54, 1.807) is 42.6 Å². The summed E-state index contributed by atoms with van der Waals surface area (Å²) in [5.41, 5.74) is 9.03. The highest BCUT2D eigenvalue weighted by Crippen LogP contribution is 2.37. The Morgan fingerprint density at radius 2 is 1.56 bits per heavy atom. The number of methoxy groups -OCH3 is 2. The lowest BCUT2D eigenvalue weighted by atomic mass is 9.85. The average molecular weight is 726 g/mol. The molecule has 0 aliphatic rings. The van der Waals surface area contributed by atoms with Crippen LogP contribution in [0.4, 0.5) is 16.2 Å². The number of urea groups is 1. The van der Waals surface area contributed by atoms with E-state index >= 15 is 0 Å². The van der Waals surface area contributed by atoms with Gasteiger partial charge in [-0.3, -0.25) is 9.78 Å². The number of carbonyl (C=O) groups excluding carboxylic acids is 2. The first-order valence-corrected chi connectivity index (χ1v) is 17.9. The van der Waals surface area contributed by atoms with Gasteiger partial charge in [0.15, 0.2) is 0 Å². The van der Waals surface area contributed by atoms with Crippen LogP contribution in [0.5, 0.6) is 23.0 Å². The predicted molar refractivity (Wildman–Crippen MR) is 202 cm³/mol. The van der Waals surface area contributed by atoms with E-state index < -0.39 is 22.0 Å². The number of benzene rings is 4. The number of pyridine rings is 1. The van der Waals surface area contributed by atoms with Gasteiger partial charge in [-0.25, -0.2) is 17.5 Å². The molecule has 0 saturated carbocycles. The summed E-state index contributed by atoms with van der Waals surface area (Å²) < 4.78 is 44.2. The van der Waals surface area contributed by atoms with Gasteiger partial charge in [-0.05, 0) is 52.9 Å². The largest absolute Gasteiger partial charge is 0.497 e. The first-order chi connectivity index (χ1) is 24.6. The third-order valence-electron chi connectivity index (χ3n) is 8.34. The van der Waals surface area contributed by atoms with Crippen LogP contribution >= 0.6 is 0 Å². The van der Waals surface area contributed by atoms with E-state index in [0.29, 0.717) is 57.6 Å². The zero-order chi connectivity index (χ0) is 37.8. The lowest BCUT2D eigenvalue weighted by molar-refractivity contribution is -0.117. The molecule has 0 spiro atoms. The van der Waals surface area contributed by atoms with Gasteiger partial charge in [-0.2, -0.15) is 0 Å². The van der Waals surface area contributed by atoms with Gasteiger partial charge in [0, 0.05) is 60.9 Å². The Labute approximate surface area is 304 Å². The molecule has 3 amide bonds. The van der Waals surface area contributed by atoms with Gasteiger partial charge in [0.05, 0.1) is 36.9 Å². The van der Waals surface area contributed by atoms with E-state index in [1.807, 2.05) is 57.2 Å². The van der Waals surface area contributed by atoms with Crippen LogP contribution in [-0.2, 0) is 33.1 Å². The smallest absolute Gasteiger partial charge is 0.323 e. The van der Waals surface area contributed by atoms with Gasteiger partial charge < -0.3 is 30.6 Å². The lowest BCUT2D eigenvalue weighted by Gasteiger charge is -2.23. The van der Waals surface area contributed by atoms with Crippen molar-refractivity contribution in [1.82, 2.24) is 9.29 Å². The second-order valence-electron chi connectivity index (χ2n) is 13.4. The number of ether oxygens (including phenoxy) is 3. The number of fused-ring (bicyclic) bond motifs is 1.